The van der Waals surface area contributed by atoms with Gasteiger partial charge in [0.25, 0.3) is 0 Å². The first-order valence-corrected chi connectivity index (χ1v) is 5.32. The average Bonchev–Trinajstić information content (AvgIpc) is 2.75. The van der Waals surface area contributed by atoms with Crippen molar-refractivity contribution in [1.29, 1.82) is 0 Å². The molecular formula is C10H9ClFN3O. The molecule has 0 N–H and O–H groups in total. The number of alkyl halides is 1. The summed E-state index contributed by atoms with van der Waals surface area (Å²) in [6.07, 6.45) is 3.99. The zero-order valence-corrected chi connectivity index (χ0v) is 9.12. The fraction of sp³-hybridized carbons (Fsp3) is 0.300. The second kappa shape index (κ2) is 5.03. The molecule has 0 unspecified atom stereocenters. The van der Waals surface area contributed by atoms with E-state index >= 15 is 0 Å². The summed E-state index contributed by atoms with van der Waals surface area (Å²) in [6.45, 7) is 0. The van der Waals surface area contributed by atoms with Crippen LogP contribution in [0.1, 0.15) is 12.3 Å². The predicted molar refractivity (Wildman–Crippen MR) is 56.5 cm³/mol. The van der Waals surface area contributed by atoms with Gasteiger partial charge in [-0.3, -0.25) is 4.98 Å². The molecule has 0 aromatic carbocycles. The highest BCUT2D eigenvalue weighted by molar-refractivity contribution is 6.17. The molecule has 0 bridgehead atoms. The Morgan fingerprint density at radius 3 is 2.94 bits per heavy atom. The quantitative estimate of drug-likeness (QED) is 0.772. The summed E-state index contributed by atoms with van der Waals surface area (Å²) in [4.78, 5) is 3.71. The van der Waals surface area contributed by atoms with Crippen molar-refractivity contribution in [2.24, 2.45) is 0 Å². The Balaban J connectivity index is 2.18. The molecule has 0 spiro atoms. The molecule has 0 amide bonds. The number of pyridine rings is 1. The van der Waals surface area contributed by atoms with E-state index in [2.05, 4.69) is 15.2 Å². The van der Waals surface area contributed by atoms with Gasteiger partial charge < -0.3 is 4.42 Å². The highest BCUT2D eigenvalue weighted by Crippen LogP contribution is 2.17. The summed E-state index contributed by atoms with van der Waals surface area (Å²) in [7, 11) is 0. The smallest absolute Gasteiger partial charge is 0.249 e. The fourth-order valence-electron chi connectivity index (χ4n) is 1.22. The SMILES string of the molecule is Fc1cncc(-c2nnc(CCCCl)o2)c1. The Hall–Kier alpha value is -1.49. The Bertz CT molecular complexity index is 475. The van der Waals surface area contributed by atoms with E-state index in [1.54, 1.807) is 0 Å². The number of hydrogen-bond acceptors (Lipinski definition) is 4. The first kappa shape index (κ1) is 11.0. The van der Waals surface area contributed by atoms with Crippen LogP contribution in [0.3, 0.4) is 0 Å². The van der Waals surface area contributed by atoms with Crippen molar-refractivity contribution in [2.45, 2.75) is 12.8 Å². The molecule has 4 nitrogen and oxygen atoms in total. The van der Waals surface area contributed by atoms with Crippen LogP contribution in [0.2, 0.25) is 0 Å². The maximum absolute atomic E-state index is 12.9. The Morgan fingerprint density at radius 2 is 2.19 bits per heavy atom. The molecule has 6 heteroatoms. The van der Waals surface area contributed by atoms with Gasteiger partial charge in [-0.1, -0.05) is 0 Å². The maximum atomic E-state index is 12.9. The molecule has 16 heavy (non-hydrogen) atoms. The monoisotopic (exact) mass is 241 g/mol. The first-order chi connectivity index (χ1) is 7.79. The van der Waals surface area contributed by atoms with Crippen LogP contribution in [0.5, 0.6) is 0 Å². The van der Waals surface area contributed by atoms with Gasteiger partial charge in [-0.15, -0.1) is 21.8 Å². The third-order valence-electron chi connectivity index (χ3n) is 1.94. The Kier molecular flexibility index (Phi) is 3.46. The van der Waals surface area contributed by atoms with Crippen LogP contribution in [0.25, 0.3) is 11.5 Å². The molecule has 0 atom stereocenters. The van der Waals surface area contributed by atoms with E-state index in [1.807, 2.05) is 0 Å². The van der Waals surface area contributed by atoms with Gasteiger partial charge in [0.2, 0.25) is 11.8 Å². The lowest BCUT2D eigenvalue weighted by Crippen LogP contribution is -1.85. The van der Waals surface area contributed by atoms with E-state index in [4.69, 9.17) is 16.0 Å². The third-order valence-corrected chi connectivity index (χ3v) is 2.21. The maximum Gasteiger partial charge on any atom is 0.249 e. The number of hydrogen-bond donors (Lipinski definition) is 0. The van der Waals surface area contributed by atoms with Crippen LogP contribution in [0, 0.1) is 5.82 Å². The molecule has 2 heterocycles. The summed E-state index contributed by atoms with van der Waals surface area (Å²) in [5.74, 6) is 0.883. The van der Waals surface area contributed by atoms with Gasteiger partial charge in [-0.2, -0.15) is 0 Å². The minimum atomic E-state index is -0.432. The number of nitrogens with zero attached hydrogens (tertiary/aromatic N) is 3. The van der Waals surface area contributed by atoms with E-state index in [0.717, 1.165) is 12.6 Å². The van der Waals surface area contributed by atoms with Crippen molar-refractivity contribution >= 4 is 11.6 Å². The zero-order valence-electron chi connectivity index (χ0n) is 8.36. The topological polar surface area (TPSA) is 51.8 Å². The number of aromatic nitrogens is 3. The highest BCUT2D eigenvalue weighted by atomic mass is 35.5. The van der Waals surface area contributed by atoms with Gasteiger partial charge in [-0.25, -0.2) is 4.39 Å². The van der Waals surface area contributed by atoms with E-state index < -0.39 is 5.82 Å². The zero-order chi connectivity index (χ0) is 11.4. The van der Waals surface area contributed by atoms with E-state index in [1.165, 1.54) is 12.3 Å². The van der Waals surface area contributed by atoms with Gasteiger partial charge >= 0.3 is 0 Å². The molecule has 0 saturated heterocycles. The van der Waals surface area contributed by atoms with E-state index in [9.17, 15) is 4.39 Å². The van der Waals surface area contributed by atoms with E-state index in [-0.39, 0.29) is 5.89 Å². The van der Waals surface area contributed by atoms with Crippen molar-refractivity contribution in [1.82, 2.24) is 15.2 Å². The fourth-order valence-corrected chi connectivity index (χ4v) is 1.35. The van der Waals surface area contributed by atoms with Crippen LogP contribution in [-0.4, -0.2) is 21.1 Å². The molecule has 2 aromatic rings. The van der Waals surface area contributed by atoms with Crippen molar-refractivity contribution in [3.63, 3.8) is 0 Å². The normalized spacial score (nSPS) is 10.6. The van der Waals surface area contributed by atoms with Crippen molar-refractivity contribution in [3.05, 3.63) is 30.2 Å². The highest BCUT2D eigenvalue weighted by Gasteiger charge is 2.09. The number of rotatable bonds is 4. The van der Waals surface area contributed by atoms with E-state index in [0.29, 0.717) is 23.8 Å². The standard InChI is InChI=1S/C10H9ClFN3O/c11-3-1-2-9-14-15-10(16-9)7-4-8(12)6-13-5-7/h4-6H,1-3H2. The number of halogens is 2. The lowest BCUT2D eigenvalue weighted by Gasteiger charge is -1.93. The second-order valence-electron chi connectivity index (χ2n) is 3.19. The Morgan fingerprint density at radius 1 is 1.31 bits per heavy atom. The lowest BCUT2D eigenvalue weighted by molar-refractivity contribution is 0.502. The summed E-state index contributed by atoms with van der Waals surface area (Å²) in [5.41, 5.74) is 0.477. The molecule has 2 aromatic heterocycles. The summed E-state index contributed by atoms with van der Waals surface area (Å²) >= 11 is 5.55. The largest absolute Gasteiger partial charge is 0.421 e. The van der Waals surface area contributed by atoms with Crippen molar-refractivity contribution in [3.8, 4) is 11.5 Å². The molecule has 0 saturated carbocycles. The van der Waals surface area contributed by atoms with Crippen LogP contribution < -0.4 is 0 Å². The summed E-state index contributed by atoms with van der Waals surface area (Å²) < 4.78 is 18.2. The van der Waals surface area contributed by atoms with Gasteiger partial charge in [0.05, 0.1) is 11.8 Å². The van der Waals surface area contributed by atoms with Crippen molar-refractivity contribution in [2.75, 3.05) is 5.88 Å². The van der Waals surface area contributed by atoms with Gasteiger partial charge in [0, 0.05) is 18.5 Å². The molecule has 0 aliphatic heterocycles. The molecule has 0 aliphatic rings. The Labute approximate surface area is 96.5 Å². The summed E-state index contributed by atoms with van der Waals surface area (Å²) in [6, 6.07) is 1.30. The van der Waals surface area contributed by atoms with Crippen LogP contribution in [0.15, 0.2) is 22.9 Å². The molecule has 0 radical (unpaired) electrons. The third kappa shape index (κ3) is 2.55. The van der Waals surface area contributed by atoms with Gasteiger partial charge in [0.1, 0.15) is 5.82 Å². The average molecular weight is 242 g/mol. The molecule has 0 fully saturated rings. The summed E-state index contributed by atoms with van der Waals surface area (Å²) in [5, 5.41) is 7.65. The van der Waals surface area contributed by atoms with Gasteiger partial charge in [0.15, 0.2) is 0 Å². The van der Waals surface area contributed by atoms with Crippen LogP contribution >= 0.6 is 11.6 Å². The predicted octanol–water partition coefficient (Wildman–Crippen LogP) is 2.44. The second-order valence-corrected chi connectivity index (χ2v) is 3.56. The number of aryl methyl sites for hydroxylation is 1. The molecular weight excluding hydrogens is 233 g/mol. The van der Waals surface area contributed by atoms with Crippen molar-refractivity contribution < 1.29 is 8.81 Å². The molecule has 2 rings (SSSR count). The lowest BCUT2D eigenvalue weighted by atomic mass is 10.3. The minimum Gasteiger partial charge on any atom is -0.421 e. The van der Waals surface area contributed by atoms with Crippen LogP contribution in [-0.2, 0) is 6.42 Å². The first-order valence-electron chi connectivity index (χ1n) is 4.79. The molecule has 84 valence electrons. The minimum absolute atomic E-state index is 0.275. The molecule has 0 aliphatic carbocycles. The van der Waals surface area contributed by atoms with Crippen LogP contribution in [0.4, 0.5) is 4.39 Å². The van der Waals surface area contributed by atoms with Gasteiger partial charge in [-0.05, 0) is 12.5 Å².